The van der Waals surface area contributed by atoms with Gasteiger partial charge in [0.1, 0.15) is 11.3 Å². The Hall–Kier alpha value is -1.89. The predicted molar refractivity (Wildman–Crippen MR) is 62.0 cm³/mol. The number of hydrogen-bond donors (Lipinski definition) is 2. The highest BCUT2D eigenvalue weighted by molar-refractivity contribution is 5.69. The Kier molecular flexibility index (Phi) is 2.84. The summed E-state index contributed by atoms with van der Waals surface area (Å²) in [6.07, 6.45) is 0.369. The SMILES string of the molecule is Cc1nc2c([nH]1)c(=O)n(CCCO)c(=O)n2C. The van der Waals surface area contributed by atoms with Crippen molar-refractivity contribution in [1.82, 2.24) is 19.1 Å². The smallest absolute Gasteiger partial charge is 0.332 e. The van der Waals surface area contributed by atoms with Crippen molar-refractivity contribution >= 4 is 11.2 Å². The monoisotopic (exact) mass is 238 g/mol. The van der Waals surface area contributed by atoms with E-state index in [1.807, 2.05) is 0 Å². The lowest BCUT2D eigenvalue weighted by molar-refractivity contribution is 0.277. The Morgan fingerprint density at radius 3 is 2.76 bits per heavy atom. The molecule has 2 heterocycles. The Morgan fingerprint density at radius 1 is 1.41 bits per heavy atom. The van der Waals surface area contributed by atoms with E-state index >= 15 is 0 Å². The van der Waals surface area contributed by atoms with Gasteiger partial charge in [-0.3, -0.25) is 13.9 Å². The molecule has 0 spiro atoms. The van der Waals surface area contributed by atoms with Crippen molar-refractivity contribution in [3.05, 3.63) is 26.7 Å². The van der Waals surface area contributed by atoms with E-state index in [4.69, 9.17) is 5.11 Å². The zero-order valence-electron chi connectivity index (χ0n) is 9.73. The van der Waals surface area contributed by atoms with Crippen molar-refractivity contribution in [2.24, 2.45) is 7.05 Å². The molecule has 2 N–H and O–H groups in total. The van der Waals surface area contributed by atoms with Gasteiger partial charge in [0.2, 0.25) is 0 Å². The first-order valence-electron chi connectivity index (χ1n) is 5.33. The fraction of sp³-hybridized carbons (Fsp3) is 0.500. The number of rotatable bonds is 3. The minimum absolute atomic E-state index is 0.0599. The van der Waals surface area contributed by atoms with Gasteiger partial charge in [-0.2, -0.15) is 0 Å². The van der Waals surface area contributed by atoms with Crippen molar-refractivity contribution in [3.63, 3.8) is 0 Å². The molecular formula is C10H14N4O3. The van der Waals surface area contributed by atoms with E-state index < -0.39 is 11.2 Å². The first kappa shape index (κ1) is 11.6. The molecule has 2 aromatic heterocycles. The summed E-state index contributed by atoms with van der Waals surface area (Å²) in [4.78, 5) is 30.9. The van der Waals surface area contributed by atoms with Gasteiger partial charge < -0.3 is 10.1 Å². The maximum absolute atomic E-state index is 12.0. The number of aliphatic hydroxyl groups is 1. The van der Waals surface area contributed by atoms with Crippen molar-refractivity contribution in [1.29, 1.82) is 0 Å². The summed E-state index contributed by atoms with van der Waals surface area (Å²) in [7, 11) is 1.57. The van der Waals surface area contributed by atoms with E-state index in [0.29, 0.717) is 23.4 Å². The molecule has 2 aromatic rings. The third-order valence-corrected chi connectivity index (χ3v) is 2.64. The quantitative estimate of drug-likeness (QED) is 0.725. The van der Waals surface area contributed by atoms with E-state index in [1.54, 1.807) is 14.0 Å². The third-order valence-electron chi connectivity index (χ3n) is 2.64. The van der Waals surface area contributed by atoms with E-state index in [-0.39, 0.29) is 13.2 Å². The zero-order valence-corrected chi connectivity index (χ0v) is 9.73. The largest absolute Gasteiger partial charge is 0.396 e. The minimum atomic E-state index is -0.414. The molecule has 0 unspecified atom stereocenters. The summed E-state index contributed by atoms with van der Waals surface area (Å²) in [5.74, 6) is 0.590. The maximum atomic E-state index is 12.0. The number of nitrogens with one attached hydrogen (secondary N) is 1. The minimum Gasteiger partial charge on any atom is -0.396 e. The molecule has 7 heteroatoms. The number of H-pyrrole nitrogens is 1. The van der Waals surface area contributed by atoms with Crippen LogP contribution in [0.2, 0.25) is 0 Å². The molecule has 0 radical (unpaired) electrons. The van der Waals surface area contributed by atoms with Gasteiger partial charge in [-0.1, -0.05) is 0 Å². The molecule has 0 aliphatic heterocycles. The second kappa shape index (κ2) is 4.17. The summed E-state index contributed by atoms with van der Waals surface area (Å²) in [5.41, 5.74) is -0.125. The van der Waals surface area contributed by atoms with Gasteiger partial charge in [0.25, 0.3) is 5.56 Å². The molecule has 0 aliphatic rings. The molecule has 0 bridgehead atoms. The maximum Gasteiger partial charge on any atom is 0.332 e. The zero-order chi connectivity index (χ0) is 12.6. The molecule has 0 amide bonds. The van der Waals surface area contributed by atoms with Gasteiger partial charge in [-0.25, -0.2) is 9.78 Å². The molecule has 92 valence electrons. The van der Waals surface area contributed by atoms with Crippen LogP contribution in [0.4, 0.5) is 0 Å². The first-order chi connectivity index (χ1) is 8.06. The van der Waals surface area contributed by atoms with Crippen LogP contribution in [-0.2, 0) is 13.6 Å². The van der Waals surface area contributed by atoms with E-state index in [2.05, 4.69) is 9.97 Å². The van der Waals surface area contributed by atoms with Crippen LogP contribution in [0, 0.1) is 6.92 Å². The molecule has 0 aromatic carbocycles. The second-order valence-electron chi connectivity index (χ2n) is 3.90. The summed E-state index contributed by atoms with van der Waals surface area (Å²) >= 11 is 0. The molecule has 0 aliphatic carbocycles. The Balaban J connectivity index is 2.77. The summed E-state index contributed by atoms with van der Waals surface area (Å²) < 4.78 is 2.44. The van der Waals surface area contributed by atoms with Gasteiger partial charge in [0.05, 0.1) is 0 Å². The summed E-state index contributed by atoms with van der Waals surface area (Å²) in [6, 6.07) is 0. The van der Waals surface area contributed by atoms with Crippen LogP contribution in [0.25, 0.3) is 11.2 Å². The predicted octanol–water partition coefficient (Wildman–Crippen LogP) is -0.886. The molecule has 0 fully saturated rings. The van der Waals surface area contributed by atoms with Crippen molar-refractivity contribution in [2.45, 2.75) is 19.9 Å². The average molecular weight is 238 g/mol. The number of fused-ring (bicyclic) bond motifs is 1. The van der Waals surface area contributed by atoms with Crippen LogP contribution in [0.5, 0.6) is 0 Å². The first-order valence-corrected chi connectivity index (χ1v) is 5.33. The molecule has 2 rings (SSSR count). The number of aromatic amines is 1. The Labute approximate surface area is 96.3 Å². The molecule has 17 heavy (non-hydrogen) atoms. The van der Waals surface area contributed by atoms with Gasteiger partial charge >= 0.3 is 5.69 Å². The topological polar surface area (TPSA) is 92.9 Å². The molecule has 0 saturated heterocycles. The van der Waals surface area contributed by atoms with Gasteiger partial charge in [-0.05, 0) is 13.3 Å². The number of imidazole rings is 1. The number of aryl methyl sites for hydroxylation is 2. The highest BCUT2D eigenvalue weighted by atomic mass is 16.3. The average Bonchev–Trinajstić information content (AvgIpc) is 2.69. The number of hydrogen-bond acceptors (Lipinski definition) is 4. The second-order valence-corrected chi connectivity index (χ2v) is 3.90. The number of aliphatic hydroxyl groups excluding tert-OH is 1. The summed E-state index contributed by atoms with van der Waals surface area (Å²) in [6.45, 7) is 1.87. The van der Waals surface area contributed by atoms with E-state index in [0.717, 1.165) is 4.57 Å². The molecule has 0 atom stereocenters. The van der Waals surface area contributed by atoms with E-state index in [1.165, 1.54) is 4.57 Å². The lowest BCUT2D eigenvalue weighted by Crippen LogP contribution is -2.39. The van der Waals surface area contributed by atoms with Crippen LogP contribution in [-0.4, -0.2) is 30.8 Å². The van der Waals surface area contributed by atoms with Crippen LogP contribution >= 0.6 is 0 Å². The van der Waals surface area contributed by atoms with Gasteiger partial charge in [0.15, 0.2) is 5.65 Å². The highest BCUT2D eigenvalue weighted by Crippen LogP contribution is 2.02. The lowest BCUT2D eigenvalue weighted by atomic mass is 10.4. The molecule has 7 nitrogen and oxygen atoms in total. The van der Waals surface area contributed by atoms with E-state index in [9.17, 15) is 9.59 Å². The van der Waals surface area contributed by atoms with Gasteiger partial charge in [-0.15, -0.1) is 0 Å². The van der Waals surface area contributed by atoms with Crippen molar-refractivity contribution in [2.75, 3.05) is 6.61 Å². The van der Waals surface area contributed by atoms with Crippen LogP contribution in [0.15, 0.2) is 9.59 Å². The van der Waals surface area contributed by atoms with Crippen LogP contribution < -0.4 is 11.2 Å². The summed E-state index contributed by atoms with van der Waals surface area (Å²) in [5, 5.41) is 8.75. The number of aromatic nitrogens is 4. The molecule has 0 saturated carbocycles. The highest BCUT2D eigenvalue weighted by Gasteiger charge is 2.13. The fourth-order valence-electron chi connectivity index (χ4n) is 1.79. The Bertz CT molecular complexity index is 664. The Morgan fingerprint density at radius 2 is 2.12 bits per heavy atom. The van der Waals surface area contributed by atoms with Crippen molar-refractivity contribution in [3.8, 4) is 0 Å². The van der Waals surface area contributed by atoms with Crippen molar-refractivity contribution < 1.29 is 5.11 Å². The lowest BCUT2D eigenvalue weighted by Gasteiger charge is -2.06. The fourth-order valence-corrected chi connectivity index (χ4v) is 1.79. The molecular weight excluding hydrogens is 224 g/mol. The third kappa shape index (κ3) is 1.78. The number of nitrogens with zero attached hydrogens (tertiary/aromatic N) is 3. The standard InChI is InChI=1S/C10H14N4O3/c1-6-11-7-8(12-6)13(2)10(17)14(9(7)16)4-3-5-15/h15H,3-5H2,1-2H3,(H,11,12). The normalized spacial score (nSPS) is 11.2. The van der Waals surface area contributed by atoms with Gasteiger partial charge in [0, 0.05) is 20.2 Å². The van der Waals surface area contributed by atoms with Crippen LogP contribution in [0.3, 0.4) is 0 Å². The van der Waals surface area contributed by atoms with Crippen LogP contribution in [0.1, 0.15) is 12.2 Å².